The van der Waals surface area contributed by atoms with Gasteiger partial charge in [-0.2, -0.15) is 0 Å². The topological polar surface area (TPSA) is 330 Å². The minimum Gasteiger partial charge on any atom is -0.497 e. The number of carboxylic acid groups (broad SMARTS) is 1. The van der Waals surface area contributed by atoms with Crippen LogP contribution in [0.25, 0.3) is 10.8 Å². The summed E-state index contributed by atoms with van der Waals surface area (Å²) in [7, 11) is 6.77. The van der Waals surface area contributed by atoms with Crippen LogP contribution in [0, 0.1) is 23.7 Å². The lowest BCUT2D eigenvalue weighted by molar-refractivity contribution is -0.318. The van der Waals surface area contributed by atoms with Crippen molar-refractivity contribution in [2.24, 2.45) is 28.7 Å². The van der Waals surface area contributed by atoms with E-state index in [0.717, 1.165) is 16.3 Å². The first-order valence-corrected chi connectivity index (χ1v) is 34.8. The summed E-state index contributed by atoms with van der Waals surface area (Å²) in [6, 6.07) is 17.9. The summed E-state index contributed by atoms with van der Waals surface area (Å²) in [5, 5.41) is 82.2. The Morgan fingerprint density at radius 2 is 1.53 bits per heavy atom. The fourth-order valence-electron chi connectivity index (χ4n) is 14.1. The van der Waals surface area contributed by atoms with Crippen LogP contribution in [0.2, 0.25) is 0 Å². The number of ether oxygens (including phenoxy) is 7. The van der Waals surface area contributed by atoms with E-state index in [9.17, 15) is 49.8 Å². The van der Waals surface area contributed by atoms with Gasteiger partial charge in [0.25, 0.3) is 5.91 Å². The smallest absolute Gasteiger partial charge is 0.325 e. The number of nitrogens with zero attached hydrogens (tertiary/aromatic N) is 4. The van der Waals surface area contributed by atoms with E-state index in [0.29, 0.717) is 24.2 Å². The van der Waals surface area contributed by atoms with Crippen molar-refractivity contribution in [2.75, 3.05) is 67.6 Å². The molecule has 0 aromatic heterocycles. The average Bonchev–Trinajstić information content (AvgIpc) is 0.978. The van der Waals surface area contributed by atoms with Crippen molar-refractivity contribution >= 4 is 46.4 Å². The van der Waals surface area contributed by atoms with E-state index < -0.39 is 151 Å². The Hall–Kier alpha value is -5.94. The number of aliphatic hydroxyl groups excluding tert-OH is 3. The predicted octanol–water partition coefficient (Wildman–Crippen LogP) is 5.38. The first-order valence-electron chi connectivity index (χ1n) is 34.8. The molecule has 0 bridgehead atoms. The maximum atomic E-state index is 15.3. The molecule has 3 heterocycles. The van der Waals surface area contributed by atoms with E-state index in [1.807, 2.05) is 118 Å². The highest BCUT2D eigenvalue weighted by Gasteiger charge is 2.53. The van der Waals surface area contributed by atoms with E-state index >= 15 is 4.79 Å². The number of aliphatic imine (C=N–C) groups is 1. The molecule has 0 saturated carbocycles. The number of aliphatic carboxylic acids is 1. The van der Waals surface area contributed by atoms with Gasteiger partial charge in [-0.05, 0) is 147 Å². The molecule has 25 nitrogen and oxygen atoms in total. The molecule has 3 aliphatic heterocycles. The van der Waals surface area contributed by atoms with Gasteiger partial charge >= 0.3 is 11.9 Å². The molecule has 20 unspecified atom stereocenters. The van der Waals surface area contributed by atoms with E-state index in [4.69, 9.17) is 33.2 Å². The Balaban J connectivity index is 1.30. The number of methoxy groups -OCH3 is 2. The number of carbonyl (C=O) groups is 5. The molecule has 550 valence electrons. The van der Waals surface area contributed by atoms with Crippen LogP contribution in [-0.2, 0) is 58.8 Å². The molecule has 3 amide bonds. The zero-order valence-electron chi connectivity index (χ0n) is 60.8. The van der Waals surface area contributed by atoms with Crippen LogP contribution in [0.3, 0.4) is 0 Å². The van der Waals surface area contributed by atoms with E-state index in [-0.39, 0.29) is 82.3 Å². The lowest BCUT2D eigenvalue weighted by Crippen LogP contribution is -2.60. The van der Waals surface area contributed by atoms with Gasteiger partial charge in [-0.3, -0.25) is 33.8 Å². The minimum absolute atomic E-state index is 0.0324. The molecule has 3 aromatic rings. The Kier molecular flexibility index (Phi) is 29.8. The molecule has 20 atom stereocenters. The summed E-state index contributed by atoms with van der Waals surface area (Å²) in [4.78, 5) is 79.8. The summed E-state index contributed by atoms with van der Waals surface area (Å²) >= 11 is 0. The SMILES string of the molecule is CCC1OC(=O)C(C)C(OC2CC(C)(OC)C(O)C(C)O2)C(C)C(OC2OC(C)CC(N(C)C)C2O)C(C)(O)CC(C)CN(CCCNC(=NCC(=O)O)N(CCC(C)C)C(=O)C(Cc2ccccc2)NC(=O)CNC(=O)C(C)c2ccc3cc(OC)ccc3c2)C(C)C(O)C1(C)O. The number of hydrogen-bond acceptors (Lipinski definition) is 20. The molecule has 6 rings (SSSR count). The first kappa shape index (κ1) is 81.0. The number of fused-ring (bicyclic) bond motifs is 1. The van der Waals surface area contributed by atoms with Crippen molar-refractivity contribution in [2.45, 2.75) is 237 Å². The molecule has 3 aromatic carbocycles. The van der Waals surface area contributed by atoms with E-state index in [2.05, 4.69) is 20.9 Å². The highest BCUT2D eigenvalue weighted by atomic mass is 16.7. The third-order valence-electron chi connectivity index (χ3n) is 20.1. The standard InChI is InChI=1S/C73H115N7O18/c1-18-57-73(13,91)63(85)48(9)79(41-43(4)37-71(11,90)65(98-69-61(84)56(78(14)15)33-44(5)94-69)46(7)62(47(8)68(89)96-57)97-60-38-72(12,93-17)64(86)49(10)95-60)31-22-30-74-70(76-40-59(82)83)80(32-29-42(2)3)67(88)55(34-50-23-20-19-21-24-50)77-58(81)39-75-66(87)45(6)51-25-26-53-36-54(92-16)28-27-52(53)35-51/h19-21,23-28,35-36,42-49,55-57,60-65,69,84-86,90-91H,18,22,29-34,37-41H2,1-17H3,(H,74,76)(H,75,87)(H,77,81)(H,82,83). The Morgan fingerprint density at radius 3 is 2.16 bits per heavy atom. The molecule has 25 heteroatoms. The Labute approximate surface area is 579 Å². The average molecular weight is 1380 g/mol. The van der Waals surface area contributed by atoms with Crippen LogP contribution in [0.1, 0.15) is 146 Å². The van der Waals surface area contributed by atoms with Gasteiger partial charge in [0.15, 0.2) is 12.6 Å². The Morgan fingerprint density at radius 1 is 0.857 bits per heavy atom. The number of carboxylic acids is 1. The number of amides is 3. The van der Waals surface area contributed by atoms with Gasteiger partial charge in [-0.15, -0.1) is 0 Å². The number of rotatable bonds is 25. The summed E-state index contributed by atoms with van der Waals surface area (Å²) in [5.41, 5.74) is -3.53. The maximum absolute atomic E-state index is 15.3. The molecular formula is C73H115N7O18. The predicted molar refractivity (Wildman–Crippen MR) is 371 cm³/mol. The minimum atomic E-state index is -2.06. The molecule has 3 fully saturated rings. The zero-order chi connectivity index (χ0) is 72.7. The number of guanidine groups is 1. The van der Waals surface area contributed by atoms with Crippen LogP contribution < -0.4 is 20.7 Å². The summed E-state index contributed by atoms with van der Waals surface area (Å²) in [6.45, 7) is 22.2. The van der Waals surface area contributed by atoms with E-state index in [1.54, 1.807) is 62.5 Å². The van der Waals surface area contributed by atoms with Crippen molar-refractivity contribution in [3.05, 3.63) is 77.9 Å². The van der Waals surface area contributed by atoms with Gasteiger partial charge in [-0.1, -0.05) is 89.2 Å². The van der Waals surface area contributed by atoms with Gasteiger partial charge in [0.05, 0.1) is 61.1 Å². The van der Waals surface area contributed by atoms with Crippen LogP contribution in [0.15, 0.2) is 71.7 Å². The lowest BCUT2D eigenvalue weighted by Gasteiger charge is -2.48. The molecule has 3 saturated heterocycles. The Bertz CT molecular complexity index is 3100. The zero-order valence-corrected chi connectivity index (χ0v) is 60.8. The van der Waals surface area contributed by atoms with Crippen molar-refractivity contribution in [1.82, 2.24) is 30.7 Å². The molecule has 3 aliphatic rings. The monoisotopic (exact) mass is 1380 g/mol. The van der Waals surface area contributed by atoms with Crippen molar-refractivity contribution in [3.63, 3.8) is 0 Å². The quantitative estimate of drug-likeness (QED) is 0.0223. The maximum Gasteiger partial charge on any atom is 0.325 e. The van der Waals surface area contributed by atoms with Crippen LogP contribution >= 0.6 is 0 Å². The van der Waals surface area contributed by atoms with Crippen LogP contribution in [0.5, 0.6) is 5.75 Å². The highest BCUT2D eigenvalue weighted by Crippen LogP contribution is 2.41. The van der Waals surface area contributed by atoms with Crippen LogP contribution in [-0.4, -0.2) is 245 Å². The summed E-state index contributed by atoms with van der Waals surface area (Å²) in [6.07, 6.45) is -9.48. The third-order valence-corrected chi connectivity index (χ3v) is 20.1. The third kappa shape index (κ3) is 21.3. The first-order chi connectivity index (χ1) is 46.0. The van der Waals surface area contributed by atoms with Gasteiger partial charge in [0.1, 0.15) is 48.4 Å². The fraction of sp³-hybridized carbons (Fsp3) is 0.699. The number of aliphatic hydroxyl groups is 5. The van der Waals surface area contributed by atoms with Gasteiger partial charge < -0.3 is 84.6 Å². The van der Waals surface area contributed by atoms with Crippen molar-refractivity contribution < 1.29 is 87.8 Å². The molecular weight excluding hydrogens is 1260 g/mol. The number of cyclic esters (lactones) is 1. The van der Waals surface area contributed by atoms with Gasteiger partial charge in [0.2, 0.25) is 17.8 Å². The van der Waals surface area contributed by atoms with Gasteiger partial charge in [0, 0.05) is 64.1 Å². The molecule has 0 aliphatic carbocycles. The number of hydrogen-bond donors (Lipinski definition) is 9. The fourth-order valence-corrected chi connectivity index (χ4v) is 14.1. The molecule has 0 radical (unpaired) electrons. The second-order valence-corrected chi connectivity index (χ2v) is 28.9. The molecule has 98 heavy (non-hydrogen) atoms. The van der Waals surface area contributed by atoms with Crippen molar-refractivity contribution in [3.8, 4) is 5.75 Å². The largest absolute Gasteiger partial charge is 0.497 e. The molecule has 0 spiro atoms. The number of benzene rings is 3. The normalized spacial score (nSPS) is 32.5. The summed E-state index contributed by atoms with van der Waals surface area (Å²) in [5.74, 6) is -6.12. The lowest BCUT2D eigenvalue weighted by atomic mass is 9.77. The van der Waals surface area contributed by atoms with Crippen LogP contribution in [0.4, 0.5) is 0 Å². The summed E-state index contributed by atoms with van der Waals surface area (Å²) < 4.78 is 43.9. The van der Waals surface area contributed by atoms with Crippen molar-refractivity contribution in [1.29, 1.82) is 0 Å². The highest BCUT2D eigenvalue weighted by molar-refractivity contribution is 6.01. The number of carbonyl (C=O) groups excluding carboxylic acids is 4. The van der Waals surface area contributed by atoms with Gasteiger partial charge in [-0.25, -0.2) is 4.99 Å². The number of nitrogens with one attached hydrogen (secondary N) is 3. The second-order valence-electron chi connectivity index (χ2n) is 28.9. The number of likely N-dealkylation sites (N-methyl/N-ethyl adjacent to an activating group) is 1. The number of esters is 1. The second kappa shape index (κ2) is 36.1. The van der Waals surface area contributed by atoms with E-state index in [1.165, 1.54) is 18.9 Å². The molecule has 9 N–H and O–H groups in total.